The van der Waals surface area contributed by atoms with Crippen LogP contribution >= 0.6 is 11.3 Å². The van der Waals surface area contributed by atoms with Crippen LogP contribution in [0.2, 0.25) is 0 Å². The summed E-state index contributed by atoms with van der Waals surface area (Å²) in [5.74, 6) is -0.0659. The maximum absolute atomic E-state index is 12.8. The number of aliphatic hydroxyl groups excluding tert-OH is 1. The predicted molar refractivity (Wildman–Crippen MR) is 130 cm³/mol. The van der Waals surface area contributed by atoms with Crippen molar-refractivity contribution in [1.29, 1.82) is 0 Å². The SMILES string of the molecule is O=C(Cn1c(-c2cccs2)cc2ccccc21)NCc1ccc(-c2ccc(CO)nc2)cn1. The number of para-hydroxylation sites is 1. The average molecular weight is 455 g/mol. The summed E-state index contributed by atoms with van der Waals surface area (Å²) in [6.45, 7) is 0.515. The third kappa shape index (κ3) is 4.55. The lowest BCUT2D eigenvalue weighted by Gasteiger charge is -2.11. The molecule has 0 saturated carbocycles. The standard InChI is InChI=1S/C26H22N4O2S/c31-17-22-10-8-20(14-28-22)19-7-9-21(27-13-19)15-29-26(32)16-30-23-5-2-1-4-18(23)12-24(30)25-6-3-11-33-25/h1-14,31H,15-17H2,(H,29,32). The van der Waals surface area contributed by atoms with E-state index in [9.17, 15) is 4.79 Å². The van der Waals surface area contributed by atoms with E-state index in [2.05, 4.69) is 38.1 Å². The second-order valence-electron chi connectivity index (χ2n) is 7.66. The van der Waals surface area contributed by atoms with Crippen molar-refractivity contribution in [2.24, 2.45) is 0 Å². The number of benzene rings is 1. The monoisotopic (exact) mass is 454 g/mol. The Bertz CT molecular complexity index is 1370. The molecule has 1 amide bonds. The molecule has 0 bridgehead atoms. The maximum atomic E-state index is 12.8. The number of carbonyl (C=O) groups excluding carboxylic acids is 1. The molecule has 0 atom stereocenters. The molecule has 2 N–H and O–H groups in total. The molecule has 6 nitrogen and oxygen atoms in total. The summed E-state index contributed by atoms with van der Waals surface area (Å²) in [5, 5.41) is 15.3. The van der Waals surface area contributed by atoms with Gasteiger partial charge in [-0.2, -0.15) is 0 Å². The van der Waals surface area contributed by atoms with Crippen LogP contribution in [0.15, 0.2) is 84.5 Å². The fourth-order valence-corrected chi connectivity index (χ4v) is 4.54. The van der Waals surface area contributed by atoms with Crippen LogP contribution in [0, 0.1) is 0 Å². The number of aliphatic hydroxyl groups is 1. The van der Waals surface area contributed by atoms with Gasteiger partial charge in [-0.3, -0.25) is 14.8 Å². The zero-order valence-electron chi connectivity index (χ0n) is 17.8. The molecule has 0 saturated heterocycles. The smallest absolute Gasteiger partial charge is 0.240 e. The van der Waals surface area contributed by atoms with Crippen molar-refractivity contribution in [3.05, 3.63) is 95.9 Å². The highest BCUT2D eigenvalue weighted by molar-refractivity contribution is 7.13. The third-order valence-corrected chi connectivity index (χ3v) is 6.39. The van der Waals surface area contributed by atoms with Gasteiger partial charge < -0.3 is 15.0 Å². The van der Waals surface area contributed by atoms with E-state index >= 15 is 0 Å². The summed E-state index contributed by atoms with van der Waals surface area (Å²) in [7, 11) is 0. The Labute approximate surface area is 195 Å². The van der Waals surface area contributed by atoms with Crippen LogP contribution in [0.1, 0.15) is 11.4 Å². The zero-order valence-corrected chi connectivity index (χ0v) is 18.6. The maximum Gasteiger partial charge on any atom is 0.240 e. The third-order valence-electron chi connectivity index (χ3n) is 5.50. The van der Waals surface area contributed by atoms with Crippen LogP contribution in [-0.4, -0.2) is 25.5 Å². The molecule has 0 aliphatic rings. The highest BCUT2D eigenvalue weighted by atomic mass is 32.1. The van der Waals surface area contributed by atoms with Gasteiger partial charge in [0.25, 0.3) is 0 Å². The lowest BCUT2D eigenvalue weighted by molar-refractivity contribution is -0.121. The number of aromatic nitrogens is 3. The van der Waals surface area contributed by atoms with Gasteiger partial charge >= 0.3 is 0 Å². The molecule has 1 aromatic carbocycles. The van der Waals surface area contributed by atoms with E-state index in [1.807, 2.05) is 47.8 Å². The molecular weight excluding hydrogens is 432 g/mol. The summed E-state index contributed by atoms with van der Waals surface area (Å²) in [5.41, 5.74) is 5.35. The topological polar surface area (TPSA) is 80.0 Å². The number of pyridine rings is 2. The molecular formula is C26H22N4O2S. The molecule has 4 aromatic heterocycles. The second-order valence-corrected chi connectivity index (χ2v) is 8.61. The van der Waals surface area contributed by atoms with Crippen LogP contribution in [0.3, 0.4) is 0 Å². The van der Waals surface area contributed by atoms with Crippen LogP contribution in [-0.2, 0) is 24.5 Å². The molecule has 5 aromatic rings. The molecule has 0 aliphatic heterocycles. The van der Waals surface area contributed by atoms with Gasteiger partial charge in [0, 0.05) is 34.4 Å². The lowest BCUT2D eigenvalue weighted by Crippen LogP contribution is -2.27. The molecule has 0 aliphatic carbocycles. The minimum atomic E-state index is -0.0786. The van der Waals surface area contributed by atoms with Gasteiger partial charge in [0.05, 0.1) is 35.1 Å². The van der Waals surface area contributed by atoms with Crippen molar-refractivity contribution in [3.8, 4) is 21.7 Å². The molecule has 164 valence electrons. The first-order valence-electron chi connectivity index (χ1n) is 10.6. The summed E-state index contributed by atoms with van der Waals surface area (Å²) in [6.07, 6.45) is 3.49. The van der Waals surface area contributed by atoms with Gasteiger partial charge in [-0.25, -0.2) is 0 Å². The Balaban J connectivity index is 1.27. The van der Waals surface area contributed by atoms with E-state index in [4.69, 9.17) is 5.11 Å². The van der Waals surface area contributed by atoms with E-state index in [0.29, 0.717) is 12.2 Å². The predicted octanol–water partition coefficient (Wildman–Crippen LogP) is 4.64. The molecule has 33 heavy (non-hydrogen) atoms. The number of hydrogen-bond acceptors (Lipinski definition) is 5. The Hall–Kier alpha value is -3.81. The number of rotatable bonds is 7. The number of carbonyl (C=O) groups is 1. The van der Waals surface area contributed by atoms with Crippen molar-refractivity contribution in [3.63, 3.8) is 0 Å². The van der Waals surface area contributed by atoms with Crippen LogP contribution in [0.5, 0.6) is 0 Å². The number of amides is 1. The first kappa shape index (κ1) is 21.1. The quantitative estimate of drug-likeness (QED) is 0.376. The van der Waals surface area contributed by atoms with Gasteiger partial charge in [0.1, 0.15) is 6.54 Å². The first-order valence-corrected chi connectivity index (χ1v) is 11.5. The minimum Gasteiger partial charge on any atom is -0.390 e. The molecule has 0 radical (unpaired) electrons. The fourth-order valence-electron chi connectivity index (χ4n) is 3.79. The van der Waals surface area contributed by atoms with Gasteiger partial charge in [0.2, 0.25) is 5.91 Å². The number of thiophene rings is 1. The van der Waals surface area contributed by atoms with E-state index in [0.717, 1.165) is 38.3 Å². The number of hydrogen-bond donors (Lipinski definition) is 2. The Morgan fingerprint density at radius 3 is 2.36 bits per heavy atom. The van der Waals surface area contributed by atoms with Crippen LogP contribution in [0.4, 0.5) is 0 Å². The summed E-state index contributed by atoms with van der Waals surface area (Å²) in [4.78, 5) is 22.6. The number of nitrogens with zero attached hydrogens (tertiary/aromatic N) is 3. The largest absolute Gasteiger partial charge is 0.390 e. The number of fused-ring (bicyclic) bond motifs is 1. The molecule has 7 heteroatoms. The van der Waals surface area contributed by atoms with Gasteiger partial charge in [0.15, 0.2) is 0 Å². The first-order chi connectivity index (χ1) is 16.2. The molecule has 0 spiro atoms. The average Bonchev–Trinajstić information content (AvgIpc) is 3.52. The fraction of sp³-hybridized carbons (Fsp3) is 0.115. The van der Waals surface area contributed by atoms with E-state index in [1.165, 1.54) is 0 Å². The molecule has 0 unspecified atom stereocenters. The number of nitrogens with one attached hydrogen (secondary N) is 1. The van der Waals surface area contributed by atoms with Crippen LogP contribution < -0.4 is 5.32 Å². The Kier molecular flexibility index (Phi) is 5.97. The normalized spacial score (nSPS) is 11.1. The summed E-state index contributed by atoms with van der Waals surface area (Å²) >= 11 is 1.66. The second kappa shape index (κ2) is 9.36. The Morgan fingerprint density at radius 1 is 0.939 bits per heavy atom. The summed E-state index contributed by atoms with van der Waals surface area (Å²) in [6, 6.07) is 21.9. The van der Waals surface area contributed by atoms with Gasteiger partial charge in [-0.15, -0.1) is 11.3 Å². The molecule has 5 rings (SSSR count). The highest BCUT2D eigenvalue weighted by Crippen LogP contribution is 2.31. The van der Waals surface area contributed by atoms with Gasteiger partial charge in [-0.1, -0.05) is 36.4 Å². The van der Waals surface area contributed by atoms with Crippen molar-refractivity contribution in [1.82, 2.24) is 19.9 Å². The zero-order chi connectivity index (χ0) is 22.6. The van der Waals surface area contributed by atoms with Crippen LogP contribution in [0.25, 0.3) is 32.6 Å². The molecule has 4 heterocycles. The lowest BCUT2D eigenvalue weighted by atomic mass is 10.1. The van der Waals surface area contributed by atoms with E-state index in [-0.39, 0.29) is 19.1 Å². The Morgan fingerprint density at radius 2 is 1.70 bits per heavy atom. The molecule has 0 fully saturated rings. The van der Waals surface area contributed by atoms with Gasteiger partial charge in [-0.05, 0) is 35.7 Å². The van der Waals surface area contributed by atoms with Crippen molar-refractivity contribution in [2.45, 2.75) is 19.7 Å². The highest BCUT2D eigenvalue weighted by Gasteiger charge is 2.14. The minimum absolute atomic E-state index is 0.0659. The van der Waals surface area contributed by atoms with Crippen molar-refractivity contribution < 1.29 is 9.90 Å². The van der Waals surface area contributed by atoms with Crippen molar-refractivity contribution >= 4 is 28.1 Å². The van der Waals surface area contributed by atoms with E-state index in [1.54, 1.807) is 29.8 Å². The van der Waals surface area contributed by atoms with E-state index < -0.39 is 0 Å². The summed E-state index contributed by atoms with van der Waals surface area (Å²) < 4.78 is 2.07. The van der Waals surface area contributed by atoms with Crippen molar-refractivity contribution in [2.75, 3.05) is 0 Å².